The second kappa shape index (κ2) is 10.4. The Hall–Kier alpha value is -3.91. The maximum atomic E-state index is 12.4. The lowest BCUT2D eigenvalue weighted by molar-refractivity contribution is -0.385. The largest absolute Gasteiger partial charge is 0.379 e. The molecule has 0 aromatic heterocycles. The van der Waals surface area contributed by atoms with Gasteiger partial charge in [0.15, 0.2) is 0 Å². The van der Waals surface area contributed by atoms with E-state index in [0.29, 0.717) is 5.56 Å². The molecular formula is C22H13Cl2N3O6S. The molecule has 0 aliphatic heterocycles. The molecule has 0 fully saturated rings. The minimum atomic E-state index is -4.33. The van der Waals surface area contributed by atoms with Crippen LogP contribution < -0.4 is 9.50 Å². The third-order valence-electron chi connectivity index (χ3n) is 4.28. The van der Waals surface area contributed by atoms with Gasteiger partial charge in [-0.2, -0.15) is 13.7 Å². The first kappa shape index (κ1) is 24.7. The molecule has 0 unspecified atom stereocenters. The molecule has 1 amide bonds. The average Bonchev–Trinajstić information content (AvgIpc) is 2.81. The number of carbonyl (C=O) groups is 1. The maximum Gasteiger partial charge on any atom is 0.339 e. The van der Waals surface area contributed by atoms with Gasteiger partial charge >= 0.3 is 10.1 Å². The minimum absolute atomic E-state index is 0.0719. The number of hydrogen-bond acceptors (Lipinski definition) is 7. The number of non-ortho nitro benzene ring substituents is 1. The normalized spacial score (nSPS) is 11.4. The molecule has 3 rings (SSSR count). The highest BCUT2D eigenvalue weighted by atomic mass is 35.5. The summed E-state index contributed by atoms with van der Waals surface area (Å²) in [7, 11) is -4.33. The van der Waals surface area contributed by atoms with Crippen LogP contribution in [0.4, 0.5) is 11.4 Å². The van der Waals surface area contributed by atoms with Crippen molar-refractivity contribution < 1.29 is 22.3 Å². The standard InChI is InChI=1S/C22H13Cl2N3O6S/c23-19-5-2-6-20(21(19)24)26-22(28)15(13-25)11-14-7-9-17(10-8-14)33-34(31,32)18-4-1-3-16(12-18)27(29)30/h1-12H,(H,26,28)/b15-11+. The first-order valence-corrected chi connectivity index (χ1v) is 11.4. The first-order valence-electron chi connectivity index (χ1n) is 9.27. The highest BCUT2D eigenvalue weighted by Gasteiger charge is 2.20. The van der Waals surface area contributed by atoms with Gasteiger partial charge in [0.25, 0.3) is 11.6 Å². The van der Waals surface area contributed by atoms with Crippen molar-refractivity contribution in [3.63, 3.8) is 0 Å². The van der Waals surface area contributed by atoms with Crippen LogP contribution in [0.3, 0.4) is 0 Å². The lowest BCUT2D eigenvalue weighted by Crippen LogP contribution is -2.13. The van der Waals surface area contributed by atoms with E-state index < -0.39 is 26.6 Å². The lowest BCUT2D eigenvalue weighted by Gasteiger charge is -2.08. The summed E-state index contributed by atoms with van der Waals surface area (Å²) >= 11 is 12.0. The number of halogens is 2. The van der Waals surface area contributed by atoms with Gasteiger partial charge in [0.05, 0.1) is 20.7 Å². The van der Waals surface area contributed by atoms with Crippen LogP contribution in [0, 0.1) is 21.4 Å². The number of nitro groups is 1. The fourth-order valence-electron chi connectivity index (χ4n) is 2.65. The number of rotatable bonds is 7. The van der Waals surface area contributed by atoms with Crippen molar-refractivity contribution in [1.29, 1.82) is 5.26 Å². The summed E-state index contributed by atoms with van der Waals surface area (Å²) in [6.07, 6.45) is 1.28. The number of anilines is 1. The van der Waals surface area contributed by atoms with Crippen LogP contribution in [0.15, 0.2) is 77.2 Å². The quantitative estimate of drug-likeness (QED) is 0.149. The summed E-state index contributed by atoms with van der Waals surface area (Å²) in [6, 6.07) is 16.3. The highest BCUT2D eigenvalue weighted by molar-refractivity contribution is 7.87. The monoisotopic (exact) mass is 517 g/mol. The van der Waals surface area contributed by atoms with Crippen molar-refractivity contribution in [2.45, 2.75) is 4.90 Å². The SMILES string of the molecule is N#C/C(=C\c1ccc(OS(=O)(=O)c2cccc([N+](=O)[O-])c2)cc1)C(=O)Nc1cccc(Cl)c1Cl. The number of nitrogens with one attached hydrogen (secondary N) is 1. The molecule has 0 radical (unpaired) electrons. The van der Waals surface area contributed by atoms with Crippen molar-refractivity contribution in [1.82, 2.24) is 0 Å². The Bertz CT molecular complexity index is 1450. The predicted octanol–water partition coefficient (Wildman–Crippen LogP) is 5.21. The van der Waals surface area contributed by atoms with E-state index in [0.717, 1.165) is 12.1 Å². The van der Waals surface area contributed by atoms with E-state index in [4.69, 9.17) is 27.4 Å². The van der Waals surface area contributed by atoms with Gasteiger partial charge in [0, 0.05) is 12.1 Å². The number of amides is 1. The Kier molecular flexibility index (Phi) is 7.53. The van der Waals surface area contributed by atoms with Crippen molar-refractivity contribution in [2.24, 2.45) is 0 Å². The van der Waals surface area contributed by atoms with Crippen molar-refractivity contribution in [3.8, 4) is 11.8 Å². The van der Waals surface area contributed by atoms with E-state index >= 15 is 0 Å². The van der Waals surface area contributed by atoms with Crippen LogP contribution in [0.1, 0.15) is 5.56 Å². The topological polar surface area (TPSA) is 139 Å². The van der Waals surface area contributed by atoms with E-state index in [9.17, 15) is 28.6 Å². The highest BCUT2D eigenvalue weighted by Crippen LogP contribution is 2.30. The van der Waals surface area contributed by atoms with Crippen molar-refractivity contribution >= 4 is 56.7 Å². The van der Waals surface area contributed by atoms with E-state index in [1.54, 1.807) is 18.2 Å². The molecular weight excluding hydrogens is 505 g/mol. The summed E-state index contributed by atoms with van der Waals surface area (Å²) in [5.41, 5.74) is -0.000124. The third-order valence-corrected chi connectivity index (χ3v) is 6.34. The van der Waals surface area contributed by atoms with Crippen LogP contribution in [0.25, 0.3) is 6.08 Å². The number of nitriles is 1. The molecule has 0 saturated heterocycles. The van der Waals surface area contributed by atoms with Crippen LogP contribution in [0.2, 0.25) is 10.0 Å². The fourth-order valence-corrected chi connectivity index (χ4v) is 3.97. The van der Waals surface area contributed by atoms with E-state index in [-0.39, 0.29) is 32.0 Å². The zero-order valence-corrected chi connectivity index (χ0v) is 19.3. The van der Waals surface area contributed by atoms with Crippen molar-refractivity contribution in [2.75, 3.05) is 5.32 Å². The van der Waals surface area contributed by atoms with Gasteiger partial charge in [-0.25, -0.2) is 0 Å². The zero-order valence-electron chi connectivity index (χ0n) is 16.9. The molecule has 0 saturated carbocycles. The molecule has 0 atom stereocenters. The van der Waals surface area contributed by atoms with Gasteiger partial charge in [-0.15, -0.1) is 0 Å². The van der Waals surface area contributed by atoms with Gasteiger partial charge in [0.2, 0.25) is 0 Å². The van der Waals surface area contributed by atoms with Crippen LogP contribution >= 0.6 is 23.2 Å². The van der Waals surface area contributed by atoms with E-state index in [2.05, 4.69) is 5.32 Å². The van der Waals surface area contributed by atoms with E-state index in [1.165, 1.54) is 48.5 Å². The smallest absolute Gasteiger partial charge is 0.339 e. The average molecular weight is 518 g/mol. The van der Waals surface area contributed by atoms with Gasteiger partial charge in [-0.05, 0) is 42.0 Å². The third kappa shape index (κ3) is 5.90. The van der Waals surface area contributed by atoms with Gasteiger partial charge in [-0.1, -0.05) is 47.5 Å². The Balaban J connectivity index is 1.77. The maximum absolute atomic E-state index is 12.4. The van der Waals surface area contributed by atoms with Gasteiger partial charge in [-0.3, -0.25) is 14.9 Å². The molecule has 172 valence electrons. The molecule has 3 aromatic rings. The van der Waals surface area contributed by atoms with E-state index in [1.807, 2.05) is 0 Å². The van der Waals surface area contributed by atoms with Gasteiger partial charge < -0.3 is 9.50 Å². The number of nitrogens with zero attached hydrogens (tertiary/aromatic N) is 2. The first-order chi connectivity index (χ1) is 16.1. The molecule has 9 nitrogen and oxygen atoms in total. The number of hydrogen-bond donors (Lipinski definition) is 1. The summed E-state index contributed by atoms with van der Waals surface area (Å²) in [5, 5.41) is 23.1. The molecule has 0 aliphatic carbocycles. The number of carbonyl (C=O) groups excluding carboxylic acids is 1. The predicted molar refractivity (Wildman–Crippen MR) is 126 cm³/mol. The Morgan fingerprint density at radius 2 is 1.76 bits per heavy atom. The Morgan fingerprint density at radius 1 is 1.09 bits per heavy atom. The molecule has 12 heteroatoms. The summed E-state index contributed by atoms with van der Waals surface area (Å²) in [6.45, 7) is 0. The lowest BCUT2D eigenvalue weighted by atomic mass is 10.1. The Labute approximate surface area is 204 Å². The summed E-state index contributed by atoms with van der Waals surface area (Å²) in [4.78, 5) is 22.2. The molecule has 0 heterocycles. The van der Waals surface area contributed by atoms with Gasteiger partial charge in [0.1, 0.15) is 22.3 Å². The fraction of sp³-hybridized carbons (Fsp3) is 0. The van der Waals surface area contributed by atoms with Crippen LogP contribution in [0.5, 0.6) is 5.75 Å². The summed E-state index contributed by atoms with van der Waals surface area (Å²) in [5.74, 6) is -0.794. The molecule has 3 aromatic carbocycles. The number of nitro benzene ring substituents is 1. The Morgan fingerprint density at radius 3 is 2.41 bits per heavy atom. The van der Waals surface area contributed by atoms with Crippen molar-refractivity contribution in [3.05, 3.63) is 98.0 Å². The van der Waals surface area contributed by atoms with Crippen LogP contribution in [-0.4, -0.2) is 19.2 Å². The zero-order chi connectivity index (χ0) is 24.9. The minimum Gasteiger partial charge on any atom is -0.379 e. The summed E-state index contributed by atoms with van der Waals surface area (Å²) < 4.78 is 29.9. The molecule has 1 N–H and O–H groups in total. The molecule has 0 spiro atoms. The molecule has 0 aliphatic rings. The number of benzene rings is 3. The second-order valence-corrected chi connectivity index (χ2v) is 8.92. The van der Waals surface area contributed by atoms with Crippen LogP contribution in [-0.2, 0) is 14.9 Å². The molecule has 34 heavy (non-hydrogen) atoms. The molecule has 0 bridgehead atoms. The second-order valence-electron chi connectivity index (χ2n) is 6.59.